The number of thiophene rings is 1. The number of benzene rings is 1. The van der Waals surface area contributed by atoms with Crippen LogP contribution >= 0.6 is 23.1 Å². The summed E-state index contributed by atoms with van der Waals surface area (Å²) in [6.07, 6.45) is 0. The van der Waals surface area contributed by atoms with Gasteiger partial charge in [-0.3, -0.25) is 14.7 Å². The molecule has 8 nitrogen and oxygen atoms in total. The zero-order valence-electron chi connectivity index (χ0n) is 14.6. The van der Waals surface area contributed by atoms with Gasteiger partial charge < -0.3 is 15.4 Å². The molecule has 3 rings (SSSR count). The summed E-state index contributed by atoms with van der Waals surface area (Å²) in [6.45, 7) is 1.42. The van der Waals surface area contributed by atoms with Crippen LogP contribution in [-0.4, -0.2) is 39.9 Å². The van der Waals surface area contributed by atoms with E-state index in [-0.39, 0.29) is 17.6 Å². The summed E-state index contributed by atoms with van der Waals surface area (Å²) in [5.41, 5.74) is 1.05. The molecular formula is C17H17N5O3S2. The van der Waals surface area contributed by atoms with E-state index in [2.05, 4.69) is 25.8 Å². The third-order valence-corrected chi connectivity index (χ3v) is 5.07. The molecule has 140 valence electrons. The lowest BCUT2D eigenvalue weighted by atomic mass is 10.2. The number of carbonyl (C=O) groups excluding carboxylic acids is 2. The lowest BCUT2D eigenvalue weighted by Gasteiger charge is -2.12. The van der Waals surface area contributed by atoms with Crippen LogP contribution in [0.1, 0.15) is 6.92 Å². The molecule has 3 aromatic rings. The molecule has 0 unspecified atom stereocenters. The molecule has 0 saturated carbocycles. The van der Waals surface area contributed by atoms with Gasteiger partial charge in [0.15, 0.2) is 5.82 Å². The van der Waals surface area contributed by atoms with Gasteiger partial charge in [0.05, 0.1) is 23.4 Å². The van der Waals surface area contributed by atoms with Gasteiger partial charge in [-0.2, -0.15) is 0 Å². The Morgan fingerprint density at radius 1 is 1.30 bits per heavy atom. The van der Waals surface area contributed by atoms with Crippen LogP contribution < -0.4 is 15.4 Å². The number of ether oxygens (including phenoxy) is 1. The van der Waals surface area contributed by atoms with Crippen LogP contribution in [0.2, 0.25) is 0 Å². The van der Waals surface area contributed by atoms with Crippen LogP contribution in [0.15, 0.2) is 40.9 Å². The summed E-state index contributed by atoms with van der Waals surface area (Å²) in [7, 11) is 1.51. The maximum absolute atomic E-state index is 12.3. The van der Waals surface area contributed by atoms with Crippen molar-refractivity contribution >= 4 is 46.3 Å². The van der Waals surface area contributed by atoms with Gasteiger partial charge in [-0.25, -0.2) is 4.98 Å². The second-order valence-corrected chi connectivity index (χ2v) is 7.27. The van der Waals surface area contributed by atoms with Gasteiger partial charge in [0.1, 0.15) is 5.75 Å². The highest BCUT2D eigenvalue weighted by molar-refractivity contribution is 7.99. The zero-order valence-corrected chi connectivity index (χ0v) is 16.2. The van der Waals surface area contributed by atoms with Crippen molar-refractivity contribution < 1.29 is 14.3 Å². The van der Waals surface area contributed by atoms with Crippen molar-refractivity contribution in [3.8, 4) is 16.5 Å². The van der Waals surface area contributed by atoms with Crippen molar-refractivity contribution in [2.45, 2.75) is 12.1 Å². The highest BCUT2D eigenvalue weighted by atomic mass is 32.2. The molecule has 0 aliphatic rings. The minimum absolute atomic E-state index is 0.134. The van der Waals surface area contributed by atoms with Crippen molar-refractivity contribution in [1.29, 1.82) is 0 Å². The monoisotopic (exact) mass is 403 g/mol. The Morgan fingerprint density at radius 2 is 2.15 bits per heavy atom. The number of anilines is 2. The Morgan fingerprint density at radius 3 is 2.85 bits per heavy atom. The van der Waals surface area contributed by atoms with Gasteiger partial charge in [0, 0.05) is 12.6 Å². The quantitative estimate of drug-likeness (QED) is 0.523. The largest absolute Gasteiger partial charge is 0.495 e. The first-order valence-electron chi connectivity index (χ1n) is 7.89. The molecule has 0 aliphatic carbocycles. The third kappa shape index (κ3) is 5.08. The average molecular weight is 403 g/mol. The molecule has 0 bridgehead atoms. The number of nitrogens with one attached hydrogen (secondary N) is 3. The molecule has 0 aliphatic heterocycles. The topological polar surface area (TPSA) is 109 Å². The Labute approximate surface area is 163 Å². The number of amides is 2. The van der Waals surface area contributed by atoms with Crippen LogP contribution in [0.25, 0.3) is 10.7 Å². The molecule has 2 heterocycles. The number of hydrogen-bond donors (Lipinski definition) is 3. The number of thioether (sulfide) groups is 1. The number of aromatic amines is 1. The van der Waals surface area contributed by atoms with Crippen molar-refractivity contribution in [3.05, 3.63) is 35.7 Å². The Hall–Kier alpha value is -2.85. The summed E-state index contributed by atoms with van der Waals surface area (Å²) in [5, 5.41) is 14.9. The second-order valence-electron chi connectivity index (χ2n) is 5.38. The van der Waals surface area contributed by atoms with Crippen molar-refractivity contribution in [2.75, 3.05) is 23.5 Å². The first kappa shape index (κ1) is 18.9. The average Bonchev–Trinajstić information content (AvgIpc) is 3.31. The number of hydrogen-bond acceptors (Lipinski definition) is 7. The smallest absolute Gasteiger partial charge is 0.234 e. The molecule has 3 N–H and O–H groups in total. The van der Waals surface area contributed by atoms with Crippen LogP contribution in [0, 0.1) is 0 Å². The second kappa shape index (κ2) is 8.69. The Kier molecular flexibility index (Phi) is 6.09. The molecule has 10 heteroatoms. The number of methoxy groups -OCH3 is 1. The number of carbonyl (C=O) groups is 2. The molecule has 2 amide bonds. The molecule has 2 aromatic heterocycles. The molecule has 27 heavy (non-hydrogen) atoms. The molecule has 0 spiro atoms. The van der Waals surface area contributed by atoms with E-state index >= 15 is 0 Å². The van der Waals surface area contributed by atoms with Crippen molar-refractivity contribution in [1.82, 2.24) is 15.2 Å². The summed E-state index contributed by atoms with van der Waals surface area (Å²) >= 11 is 2.78. The molecule has 1 aromatic carbocycles. The van der Waals surface area contributed by atoms with E-state index in [0.29, 0.717) is 28.1 Å². The van der Waals surface area contributed by atoms with E-state index < -0.39 is 0 Å². The van der Waals surface area contributed by atoms with E-state index in [4.69, 9.17) is 4.74 Å². The van der Waals surface area contributed by atoms with Gasteiger partial charge in [-0.15, -0.1) is 16.4 Å². The lowest BCUT2D eigenvalue weighted by molar-refractivity contribution is -0.114. The molecular weight excluding hydrogens is 386 g/mol. The Balaban J connectivity index is 1.61. The predicted molar refractivity (Wildman–Crippen MR) is 106 cm³/mol. The zero-order chi connectivity index (χ0) is 19.2. The third-order valence-electron chi connectivity index (χ3n) is 3.35. The van der Waals surface area contributed by atoms with Crippen molar-refractivity contribution in [2.24, 2.45) is 0 Å². The molecule has 0 atom stereocenters. The van der Waals surface area contributed by atoms with E-state index in [1.807, 2.05) is 17.5 Å². The fourth-order valence-electron chi connectivity index (χ4n) is 2.24. The van der Waals surface area contributed by atoms with E-state index in [1.165, 1.54) is 25.8 Å². The minimum atomic E-state index is -0.235. The van der Waals surface area contributed by atoms with Gasteiger partial charge in [0.2, 0.25) is 17.0 Å². The van der Waals surface area contributed by atoms with Crippen LogP contribution in [0.5, 0.6) is 5.75 Å². The number of rotatable bonds is 7. The fraction of sp³-hybridized carbons (Fsp3) is 0.176. The number of H-pyrrole nitrogens is 1. The van der Waals surface area contributed by atoms with Gasteiger partial charge in [-0.1, -0.05) is 17.8 Å². The standard InChI is InChI=1S/C17H17N5O3S2/c1-10(23)18-11-5-6-13(25-2)12(8-11)19-15(24)9-27-17-20-16(21-22-17)14-4-3-7-26-14/h3-8H,9H2,1-2H3,(H,18,23)(H,19,24)(H,20,21,22). The maximum atomic E-state index is 12.3. The highest BCUT2D eigenvalue weighted by Crippen LogP contribution is 2.28. The Bertz CT molecular complexity index is 940. The first-order chi connectivity index (χ1) is 13.0. The normalized spacial score (nSPS) is 10.4. The highest BCUT2D eigenvalue weighted by Gasteiger charge is 2.12. The molecule has 0 fully saturated rings. The van der Waals surface area contributed by atoms with E-state index in [1.54, 1.807) is 29.5 Å². The fourth-order valence-corrected chi connectivity index (χ4v) is 3.50. The summed E-state index contributed by atoms with van der Waals surface area (Å²) in [6, 6.07) is 8.90. The first-order valence-corrected chi connectivity index (χ1v) is 9.76. The van der Waals surface area contributed by atoms with Crippen molar-refractivity contribution in [3.63, 3.8) is 0 Å². The van der Waals surface area contributed by atoms with Gasteiger partial charge in [-0.05, 0) is 29.6 Å². The minimum Gasteiger partial charge on any atom is -0.495 e. The SMILES string of the molecule is COc1ccc(NC(C)=O)cc1NC(=O)CSc1n[nH]c(-c2cccs2)n1. The van der Waals surface area contributed by atoms with Crippen LogP contribution in [0.4, 0.5) is 11.4 Å². The van der Waals surface area contributed by atoms with E-state index in [0.717, 1.165) is 4.88 Å². The van der Waals surface area contributed by atoms with E-state index in [9.17, 15) is 9.59 Å². The predicted octanol–water partition coefficient (Wildman–Crippen LogP) is 3.23. The van der Waals surface area contributed by atoms with Crippen LogP contribution in [0.3, 0.4) is 0 Å². The van der Waals surface area contributed by atoms with Gasteiger partial charge in [0.25, 0.3) is 0 Å². The number of aromatic nitrogens is 3. The molecule has 0 radical (unpaired) electrons. The van der Waals surface area contributed by atoms with Gasteiger partial charge >= 0.3 is 0 Å². The maximum Gasteiger partial charge on any atom is 0.234 e. The summed E-state index contributed by atoms with van der Waals surface area (Å²) in [5.74, 6) is 0.882. The number of nitrogens with zero attached hydrogens (tertiary/aromatic N) is 2. The van der Waals surface area contributed by atoms with Crippen LogP contribution in [-0.2, 0) is 9.59 Å². The molecule has 0 saturated heterocycles. The lowest BCUT2D eigenvalue weighted by Crippen LogP contribution is -2.15. The summed E-state index contributed by atoms with van der Waals surface area (Å²) in [4.78, 5) is 28.8. The summed E-state index contributed by atoms with van der Waals surface area (Å²) < 4.78 is 5.25.